The van der Waals surface area contributed by atoms with Gasteiger partial charge in [-0.1, -0.05) is 91.4 Å². The fourth-order valence-corrected chi connectivity index (χ4v) is 8.02. The molecule has 6 unspecified atom stereocenters. The molecule has 50 heavy (non-hydrogen) atoms. The number of aliphatic hydroxyl groups excluding tert-OH is 1. The van der Waals surface area contributed by atoms with Crippen molar-refractivity contribution in [2.45, 2.75) is 184 Å². The molecule has 1 rings (SSSR count). The van der Waals surface area contributed by atoms with Crippen LogP contribution in [-0.4, -0.2) is 90.3 Å². The summed E-state index contributed by atoms with van der Waals surface area (Å²) in [4.78, 5) is 32.8. The highest BCUT2D eigenvalue weighted by molar-refractivity contribution is 9.10. The van der Waals surface area contributed by atoms with Gasteiger partial charge in [-0.15, -0.1) is 0 Å². The van der Waals surface area contributed by atoms with Crippen LogP contribution in [0.5, 0.6) is 0 Å². The van der Waals surface area contributed by atoms with Crippen LogP contribution in [0, 0.1) is 23.7 Å². The molecular weight excluding hydrogens is 749 g/mol. The van der Waals surface area contributed by atoms with E-state index in [0.717, 1.165) is 13.0 Å². The van der Waals surface area contributed by atoms with Gasteiger partial charge in [-0.05, 0) is 91.8 Å². The normalized spacial score (nSPS) is 18.7. The Morgan fingerprint density at radius 1 is 0.740 bits per heavy atom. The van der Waals surface area contributed by atoms with E-state index in [1.807, 2.05) is 41.5 Å². The lowest BCUT2D eigenvalue weighted by atomic mass is 10.0. The van der Waals surface area contributed by atoms with Crippen LogP contribution in [0.4, 0.5) is 0 Å². The van der Waals surface area contributed by atoms with Gasteiger partial charge in [0.15, 0.2) is 38.0 Å². The van der Waals surface area contributed by atoms with Crippen LogP contribution in [0.25, 0.3) is 0 Å². The maximum Gasteiger partial charge on any atom is 0.184 e. The molecule has 1 fully saturated rings. The zero-order valence-corrected chi connectivity index (χ0v) is 41.2. The van der Waals surface area contributed by atoms with Crippen LogP contribution >= 0.6 is 15.9 Å². The lowest BCUT2D eigenvalue weighted by molar-refractivity contribution is -0.129. The molecule has 1 aliphatic heterocycles. The Bertz CT molecular complexity index is 869. The van der Waals surface area contributed by atoms with Gasteiger partial charge in [0.25, 0.3) is 0 Å². The third-order valence-electron chi connectivity index (χ3n) is 7.51. The maximum absolute atomic E-state index is 11.4. The van der Waals surface area contributed by atoms with Gasteiger partial charge in [0.05, 0.1) is 23.6 Å². The van der Waals surface area contributed by atoms with Crippen molar-refractivity contribution < 1.29 is 37.5 Å². The summed E-state index contributed by atoms with van der Waals surface area (Å²) in [6.07, 6.45) is 0.611. The molecule has 0 aromatic rings. The summed E-state index contributed by atoms with van der Waals surface area (Å²) in [6, 6.07) is 0. The molecule has 0 aromatic heterocycles. The van der Waals surface area contributed by atoms with E-state index in [1.165, 1.54) is 12.5 Å². The number of rotatable bonds is 16. The zero-order chi connectivity index (χ0) is 41.0. The standard InChI is InChI=1S/C10H22OSi.C9H20O2Si.C7H16O2Si.C6H11BrO.C6H12O2/c1-8(2)9(3)10(4)11-12(5,6)7;1-7(2)9(10)8(3)11-12(4,5)6;1-4-7(5-8-7)6(2)9-10-3;2*1-4(2)6(8)5(3)7/h8,10H,3H2,1-2,4-7H3;7-8H,1-6H3;6H,4-5,10H2,1-3H3;4-5H,1-3H3;4-5,7H,1-3H3. The quantitative estimate of drug-likeness (QED) is 0.0710. The van der Waals surface area contributed by atoms with Crippen molar-refractivity contribution in [1.82, 2.24) is 0 Å². The van der Waals surface area contributed by atoms with Gasteiger partial charge in [-0.3, -0.25) is 14.4 Å². The average molecular weight is 830 g/mol. The van der Waals surface area contributed by atoms with Crippen LogP contribution in [0.15, 0.2) is 12.2 Å². The summed E-state index contributed by atoms with van der Waals surface area (Å²) in [7, 11) is -3.20. The summed E-state index contributed by atoms with van der Waals surface area (Å²) >= 11 is 3.19. The molecule has 0 bridgehead atoms. The fraction of sp³-hybridized carbons (Fsp3) is 0.868. The maximum atomic E-state index is 11.4. The number of carbonyl (C=O) groups excluding carboxylic acids is 3. The van der Waals surface area contributed by atoms with Crippen LogP contribution < -0.4 is 0 Å². The Balaban J connectivity index is -0.000000267. The number of aliphatic hydroxyl groups is 1. The second-order valence-electron chi connectivity index (χ2n) is 16.2. The molecule has 1 heterocycles. The van der Waals surface area contributed by atoms with Crippen LogP contribution in [0.2, 0.25) is 45.8 Å². The van der Waals surface area contributed by atoms with E-state index in [-0.39, 0.29) is 67.5 Å². The predicted molar refractivity (Wildman–Crippen MR) is 225 cm³/mol. The van der Waals surface area contributed by atoms with Crippen molar-refractivity contribution in [2.75, 3.05) is 6.61 Å². The lowest BCUT2D eigenvalue weighted by Crippen LogP contribution is -2.36. The minimum absolute atomic E-state index is 0.0162. The molecule has 0 radical (unpaired) electrons. The van der Waals surface area contributed by atoms with Gasteiger partial charge in [-0.2, -0.15) is 0 Å². The van der Waals surface area contributed by atoms with Gasteiger partial charge in [-0.25, -0.2) is 0 Å². The van der Waals surface area contributed by atoms with E-state index < -0.39 is 22.7 Å². The van der Waals surface area contributed by atoms with Gasteiger partial charge in [0, 0.05) is 17.8 Å². The number of ether oxygens (including phenoxy) is 1. The SMILES string of the molecule is C=C(C(C)C)C(C)O[Si](C)(C)C.CC(C)C(=O)C(C)Br.CC(C)C(=O)C(C)O.CC(C)C(=O)C(C)O[Si](C)(C)C.CCC1(C(C)O[SiH2]C)CO1. The highest BCUT2D eigenvalue weighted by Crippen LogP contribution is 2.35. The molecule has 1 saturated heterocycles. The number of ketones is 3. The minimum Gasteiger partial charge on any atom is -0.419 e. The Labute approximate surface area is 322 Å². The van der Waals surface area contributed by atoms with E-state index >= 15 is 0 Å². The Kier molecular flexibility index (Phi) is 30.8. The van der Waals surface area contributed by atoms with E-state index in [0.29, 0.717) is 12.0 Å². The first kappa shape index (κ1) is 56.4. The van der Waals surface area contributed by atoms with Crippen molar-refractivity contribution in [1.29, 1.82) is 0 Å². The molecule has 6 atom stereocenters. The second-order valence-corrected chi connectivity index (χ2v) is 27.4. The number of hydrogen-bond acceptors (Lipinski definition) is 8. The highest BCUT2D eigenvalue weighted by Gasteiger charge is 2.48. The molecule has 0 saturated carbocycles. The zero-order valence-electron chi connectivity index (χ0n) is 36.2. The third-order valence-corrected chi connectivity index (χ3v) is 10.9. The molecule has 1 N–H and O–H groups in total. The number of carbonyl (C=O) groups is 3. The molecule has 0 aliphatic carbocycles. The number of alkyl halides is 1. The van der Waals surface area contributed by atoms with Gasteiger partial charge in [0.1, 0.15) is 23.6 Å². The third kappa shape index (κ3) is 30.2. The second kappa shape index (κ2) is 27.3. The predicted octanol–water partition coefficient (Wildman–Crippen LogP) is 9.18. The number of hydrogen-bond donors (Lipinski definition) is 1. The molecule has 0 amide bonds. The molecule has 300 valence electrons. The first-order valence-electron chi connectivity index (χ1n) is 18.6. The Morgan fingerprint density at radius 2 is 1.10 bits per heavy atom. The first-order chi connectivity index (χ1) is 22.3. The van der Waals surface area contributed by atoms with Crippen LogP contribution in [0.3, 0.4) is 0 Å². The first-order valence-corrected chi connectivity index (χ1v) is 28.3. The molecule has 0 spiro atoms. The summed E-state index contributed by atoms with van der Waals surface area (Å²) < 4.78 is 22.5. The average Bonchev–Trinajstić information content (AvgIpc) is 3.76. The minimum atomic E-state index is -1.55. The summed E-state index contributed by atoms with van der Waals surface area (Å²) in [5.74, 6) is 1.10. The van der Waals surface area contributed by atoms with Crippen molar-refractivity contribution in [3.63, 3.8) is 0 Å². The number of halogens is 1. The van der Waals surface area contributed by atoms with Crippen LogP contribution in [-0.2, 0) is 32.4 Å². The lowest BCUT2D eigenvalue weighted by Gasteiger charge is -2.26. The molecular formula is C38H81BrO8Si3. The monoisotopic (exact) mass is 828 g/mol. The topological polar surface area (TPSA) is 112 Å². The van der Waals surface area contributed by atoms with E-state index in [1.54, 1.807) is 13.8 Å². The number of Topliss-reactive ketones (excluding diaryl/α,β-unsaturated/α-hetero) is 3. The van der Waals surface area contributed by atoms with E-state index in [4.69, 9.17) is 23.1 Å². The Morgan fingerprint density at radius 3 is 1.28 bits per heavy atom. The summed E-state index contributed by atoms with van der Waals surface area (Å²) in [5, 5.41) is 8.64. The van der Waals surface area contributed by atoms with Crippen molar-refractivity contribution in [2.24, 2.45) is 23.7 Å². The van der Waals surface area contributed by atoms with Gasteiger partial charge < -0.3 is 23.1 Å². The smallest absolute Gasteiger partial charge is 0.184 e. The Hall–Kier alpha value is -0.319. The largest absolute Gasteiger partial charge is 0.419 e. The molecule has 1 aliphatic rings. The number of epoxide rings is 1. The highest BCUT2D eigenvalue weighted by atomic mass is 79.9. The fourth-order valence-electron chi connectivity index (χ4n) is 4.30. The molecule has 8 nitrogen and oxygen atoms in total. The summed E-state index contributed by atoms with van der Waals surface area (Å²) in [6.45, 7) is 47.0. The molecule has 12 heteroatoms. The van der Waals surface area contributed by atoms with E-state index in [2.05, 4.69) is 103 Å². The van der Waals surface area contributed by atoms with Crippen molar-refractivity contribution in [3.05, 3.63) is 12.2 Å². The van der Waals surface area contributed by atoms with E-state index in [9.17, 15) is 14.4 Å². The van der Waals surface area contributed by atoms with Crippen LogP contribution in [0.1, 0.15) is 103 Å². The molecule has 0 aromatic carbocycles. The van der Waals surface area contributed by atoms with Crippen molar-refractivity contribution in [3.8, 4) is 0 Å². The summed E-state index contributed by atoms with van der Waals surface area (Å²) in [5.41, 5.74) is 1.32. The van der Waals surface area contributed by atoms with Gasteiger partial charge in [0.2, 0.25) is 0 Å². The van der Waals surface area contributed by atoms with Crippen molar-refractivity contribution >= 4 is 59.7 Å². The van der Waals surface area contributed by atoms with Gasteiger partial charge >= 0.3 is 0 Å².